The second-order valence-electron chi connectivity index (χ2n) is 6.51. The molecule has 4 amide bonds. The molecular formula is C21H16ClF3N2O4. The molecule has 1 heterocycles. The fraction of sp³-hybridized carbons (Fsp3) is 0.190. The number of halogens is 4. The second-order valence-corrected chi connectivity index (χ2v) is 6.92. The molecule has 1 N–H and O–H groups in total. The molecule has 0 saturated carbocycles. The van der Waals surface area contributed by atoms with Gasteiger partial charge in [0.1, 0.15) is 11.3 Å². The summed E-state index contributed by atoms with van der Waals surface area (Å²) in [6, 6.07) is 7.61. The molecule has 0 atom stereocenters. The predicted octanol–water partition coefficient (Wildman–Crippen LogP) is 4.81. The van der Waals surface area contributed by atoms with Gasteiger partial charge in [-0.2, -0.15) is 13.2 Å². The summed E-state index contributed by atoms with van der Waals surface area (Å²) >= 11 is 5.97. The number of ether oxygens (including phenoxy) is 1. The van der Waals surface area contributed by atoms with Crippen LogP contribution >= 0.6 is 11.6 Å². The second kappa shape index (κ2) is 8.81. The van der Waals surface area contributed by atoms with Crippen molar-refractivity contribution in [3.8, 4) is 5.75 Å². The average molecular weight is 453 g/mol. The number of carbonyl (C=O) groups is 3. The van der Waals surface area contributed by atoms with Crippen molar-refractivity contribution >= 4 is 41.2 Å². The Morgan fingerprint density at radius 1 is 1.13 bits per heavy atom. The van der Waals surface area contributed by atoms with Crippen molar-refractivity contribution in [2.45, 2.75) is 19.5 Å². The number of imide groups is 2. The van der Waals surface area contributed by atoms with E-state index in [4.69, 9.17) is 16.3 Å². The lowest BCUT2D eigenvalue weighted by atomic mass is 10.1. The molecule has 10 heteroatoms. The van der Waals surface area contributed by atoms with Gasteiger partial charge in [0.05, 0.1) is 22.9 Å². The number of carbonyl (C=O) groups excluding carboxylic acids is 3. The highest BCUT2D eigenvalue weighted by Gasteiger charge is 2.39. The summed E-state index contributed by atoms with van der Waals surface area (Å²) in [6.07, 6.45) is -2.79. The van der Waals surface area contributed by atoms with Gasteiger partial charge in [0.2, 0.25) is 0 Å². The number of nitrogens with one attached hydrogen (secondary N) is 1. The quantitative estimate of drug-likeness (QED) is 0.521. The van der Waals surface area contributed by atoms with E-state index in [1.807, 2.05) is 12.2 Å². The standard InChI is InChI=1S/C21H16ClF3N2O4/c1-2-9-31-17-6-4-3-5-12(17)10-14-18(28)26-20(30)27(19(14)29)16-11-13(21(23,24)25)7-8-15(16)22/h3-8,10-11H,2,9H2,1H3,(H,26,28,30)/b14-10-. The topological polar surface area (TPSA) is 75.7 Å². The van der Waals surface area contributed by atoms with E-state index in [1.165, 1.54) is 6.08 Å². The van der Waals surface area contributed by atoms with Gasteiger partial charge >= 0.3 is 12.2 Å². The Balaban J connectivity index is 2.06. The van der Waals surface area contributed by atoms with E-state index >= 15 is 0 Å². The normalized spacial score (nSPS) is 16.0. The molecule has 1 aliphatic heterocycles. The van der Waals surface area contributed by atoms with Crippen molar-refractivity contribution < 1.29 is 32.3 Å². The number of alkyl halides is 3. The monoisotopic (exact) mass is 452 g/mol. The molecule has 0 radical (unpaired) electrons. The predicted molar refractivity (Wildman–Crippen MR) is 108 cm³/mol. The Morgan fingerprint density at radius 2 is 1.84 bits per heavy atom. The Morgan fingerprint density at radius 3 is 2.52 bits per heavy atom. The minimum atomic E-state index is -4.72. The van der Waals surface area contributed by atoms with E-state index in [-0.39, 0.29) is 5.02 Å². The first-order valence-electron chi connectivity index (χ1n) is 9.13. The zero-order valence-corrected chi connectivity index (χ0v) is 16.9. The van der Waals surface area contributed by atoms with Crippen molar-refractivity contribution in [1.29, 1.82) is 0 Å². The van der Waals surface area contributed by atoms with Crippen LogP contribution in [0, 0.1) is 0 Å². The third-order valence-corrected chi connectivity index (χ3v) is 4.62. The van der Waals surface area contributed by atoms with Crippen LogP contribution in [0.1, 0.15) is 24.5 Å². The summed E-state index contributed by atoms with van der Waals surface area (Å²) in [4.78, 5) is 38.0. The van der Waals surface area contributed by atoms with E-state index in [2.05, 4.69) is 0 Å². The van der Waals surface area contributed by atoms with Gasteiger partial charge in [-0.05, 0) is 36.8 Å². The minimum Gasteiger partial charge on any atom is -0.493 e. The van der Waals surface area contributed by atoms with Crippen molar-refractivity contribution in [2.24, 2.45) is 0 Å². The van der Waals surface area contributed by atoms with E-state index < -0.39 is 40.8 Å². The van der Waals surface area contributed by atoms with E-state index in [0.29, 0.717) is 28.9 Å². The van der Waals surface area contributed by atoms with Crippen LogP contribution in [0.3, 0.4) is 0 Å². The number of anilines is 1. The Hall–Kier alpha value is -3.33. The third-order valence-electron chi connectivity index (χ3n) is 4.30. The maximum Gasteiger partial charge on any atom is 0.416 e. The Bertz CT molecular complexity index is 1080. The maximum atomic E-state index is 13.1. The molecule has 2 aromatic carbocycles. The largest absolute Gasteiger partial charge is 0.493 e. The van der Waals surface area contributed by atoms with E-state index in [1.54, 1.807) is 24.3 Å². The minimum absolute atomic E-state index is 0.267. The van der Waals surface area contributed by atoms with Crippen LogP contribution in [0.5, 0.6) is 5.75 Å². The maximum absolute atomic E-state index is 13.1. The summed E-state index contributed by atoms with van der Waals surface area (Å²) < 4.78 is 44.9. The lowest BCUT2D eigenvalue weighted by Crippen LogP contribution is -2.54. The van der Waals surface area contributed by atoms with Crippen molar-refractivity contribution in [1.82, 2.24) is 5.32 Å². The first kappa shape index (κ1) is 22.4. The Labute approximate surface area is 180 Å². The SMILES string of the molecule is CCCOc1ccccc1/C=C1/C(=O)NC(=O)N(c2cc(C(F)(F)F)ccc2Cl)C1=O. The van der Waals surface area contributed by atoms with Crippen molar-refractivity contribution in [2.75, 3.05) is 11.5 Å². The van der Waals surface area contributed by atoms with Gasteiger partial charge in [-0.3, -0.25) is 14.9 Å². The first-order valence-corrected chi connectivity index (χ1v) is 9.51. The zero-order valence-electron chi connectivity index (χ0n) is 16.1. The zero-order chi connectivity index (χ0) is 22.8. The number of hydrogen-bond acceptors (Lipinski definition) is 4. The molecule has 0 bridgehead atoms. The van der Waals surface area contributed by atoms with Crippen LogP contribution in [0.2, 0.25) is 5.02 Å². The van der Waals surface area contributed by atoms with Crippen LogP contribution < -0.4 is 15.0 Å². The van der Waals surface area contributed by atoms with Gasteiger partial charge in [0, 0.05) is 5.56 Å². The fourth-order valence-electron chi connectivity index (χ4n) is 2.84. The number of benzene rings is 2. The van der Waals surface area contributed by atoms with E-state index in [0.717, 1.165) is 18.6 Å². The van der Waals surface area contributed by atoms with Crippen molar-refractivity contribution in [3.63, 3.8) is 0 Å². The molecule has 2 aromatic rings. The number of nitrogens with zero attached hydrogens (tertiary/aromatic N) is 1. The van der Waals surface area contributed by atoms with Gasteiger partial charge in [0.15, 0.2) is 0 Å². The van der Waals surface area contributed by atoms with Crippen LogP contribution in [0.25, 0.3) is 6.08 Å². The van der Waals surface area contributed by atoms with Gasteiger partial charge in [-0.25, -0.2) is 9.69 Å². The molecule has 1 aliphatic rings. The van der Waals surface area contributed by atoms with Gasteiger partial charge in [-0.1, -0.05) is 36.7 Å². The lowest BCUT2D eigenvalue weighted by molar-refractivity contribution is -0.137. The van der Waals surface area contributed by atoms with Gasteiger partial charge in [0.25, 0.3) is 11.8 Å². The molecule has 0 spiro atoms. The summed E-state index contributed by atoms with van der Waals surface area (Å²) in [5.41, 5.74) is -1.67. The van der Waals surface area contributed by atoms with Crippen LogP contribution in [-0.4, -0.2) is 24.5 Å². The van der Waals surface area contributed by atoms with E-state index in [9.17, 15) is 27.6 Å². The smallest absolute Gasteiger partial charge is 0.416 e. The van der Waals surface area contributed by atoms with Crippen LogP contribution in [0.4, 0.5) is 23.7 Å². The molecular weight excluding hydrogens is 437 g/mol. The molecule has 1 fully saturated rings. The number of amides is 4. The van der Waals surface area contributed by atoms with Crippen LogP contribution in [-0.2, 0) is 15.8 Å². The molecule has 31 heavy (non-hydrogen) atoms. The summed E-state index contributed by atoms with van der Waals surface area (Å²) in [5.74, 6) is -1.70. The van der Waals surface area contributed by atoms with Crippen molar-refractivity contribution in [3.05, 3.63) is 64.2 Å². The molecule has 1 saturated heterocycles. The molecule has 0 aromatic heterocycles. The molecule has 0 aliphatic carbocycles. The number of para-hydroxylation sites is 1. The average Bonchev–Trinajstić information content (AvgIpc) is 2.70. The fourth-order valence-corrected chi connectivity index (χ4v) is 3.04. The summed E-state index contributed by atoms with van der Waals surface area (Å²) in [5, 5.41) is 1.69. The molecule has 3 rings (SSSR count). The first-order chi connectivity index (χ1) is 14.6. The van der Waals surface area contributed by atoms with Gasteiger partial charge in [-0.15, -0.1) is 0 Å². The highest BCUT2D eigenvalue weighted by Crippen LogP contribution is 2.36. The lowest BCUT2D eigenvalue weighted by Gasteiger charge is -2.27. The van der Waals surface area contributed by atoms with Crippen LogP contribution in [0.15, 0.2) is 48.0 Å². The van der Waals surface area contributed by atoms with Gasteiger partial charge < -0.3 is 4.74 Å². The number of hydrogen-bond donors (Lipinski definition) is 1. The number of urea groups is 1. The number of rotatable bonds is 5. The summed E-state index contributed by atoms with van der Waals surface area (Å²) in [7, 11) is 0. The summed E-state index contributed by atoms with van der Waals surface area (Å²) in [6.45, 7) is 2.30. The highest BCUT2D eigenvalue weighted by atomic mass is 35.5. The Kier molecular flexibility index (Phi) is 6.35. The highest BCUT2D eigenvalue weighted by molar-refractivity contribution is 6.42. The molecule has 162 valence electrons. The number of barbiturate groups is 1. The molecule has 0 unspecified atom stereocenters. The molecule has 6 nitrogen and oxygen atoms in total. The third kappa shape index (κ3) is 4.72.